The van der Waals surface area contributed by atoms with Gasteiger partial charge in [0, 0.05) is 29.5 Å². The van der Waals surface area contributed by atoms with Crippen molar-refractivity contribution in [1.82, 2.24) is 9.88 Å². The van der Waals surface area contributed by atoms with Crippen LogP contribution in [-0.4, -0.2) is 23.0 Å². The fourth-order valence-electron chi connectivity index (χ4n) is 1.47. The minimum atomic E-state index is 0.819. The van der Waals surface area contributed by atoms with Crippen LogP contribution in [-0.2, 0) is 6.54 Å². The van der Waals surface area contributed by atoms with Crippen LogP contribution in [0.3, 0.4) is 0 Å². The number of halogens is 1. The molecule has 0 aliphatic heterocycles. The first kappa shape index (κ1) is 9.16. The second-order valence-electron chi connectivity index (χ2n) is 3.66. The van der Waals surface area contributed by atoms with Gasteiger partial charge in [-0.25, -0.2) is 0 Å². The van der Waals surface area contributed by atoms with E-state index in [0.29, 0.717) is 0 Å². The minimum Gasteiger partial charge on any atom is -0.299 e. The van der Waals surface area contributed by atoms with Crippen LogP contribution < -0.4 is 0 Å². The molecule has 0 spiro atoms. The lowest BCUT2D eigenvalue weighted by Crippen LogP contribution is -2.19. The first-order chi connectivity index (χ1) is 6.25. The van der Waals surface area contributed by atoms with Crippen molar-refractivity contribution in [3.8, 4) is 0 Å². The van der Waals surface area contributed by atoms with Crippen molar-refractivity contribution in [2.45, 2.75) is 25.4 Å². The number of rotatable bonds is 3. The van der Waals surface area contributed by atoms with E-state index in [4.69, 9.17) is 0 Å². The molecule has 1 aliphatic rings. The maximum atomic E-state index is 4.14. The summed E-state index contributed by atoms with van der Waals surface area (Å²) in [5.74, 6) is 0. The average molecular weight is 241 g/mol. The standard InChI is InChI=1S/C10H13BrN2/c1-13(10-2-3-10)7-8-4-9(11)6-12-5-8/h4-6,10H,2-3,7H2,1H3. The Morgan fingerprint density at radius 1 is 1.54 bits per heavy atom. The molecule has 70 valence electrons. The Labute approximate surface area is 87.1 Å². The Kier molecular flexibility index (Phi) is 2.65. The molecular formula is C10H13BrN2. The van der Waals surface area contributed by atoms with Gasteiger partial charge >= 0.3 is 0 Å². The van der Waals surface area contributed by atoms with E-state index in [0.717, 1.165) is 17.1 Å². The smallest absolute Gasteiger partial charge is 0.0410 e. The highest BCUT2D eigenvalue weighted by atomic mass is 79.9. The average Bonchev–Trinajstić information content (AvgIpc) is 2.85. The Bertz CT molecular complexity index is 297. The molecule has 2 nitrogen and oxygen atoms in total. The molecule has 1 aromatic rings. The maximum absolute atomic E-state index is 4.14. The van der Waals surface area contributed by atoms with Crippen molar-refractivity contribution in [3.63, 3.8) is 0 Å². The van der Waals surface area contributed by atoms with Gasteiger partial charge in [-0.05, 0) is 47.4 Å². The molecule has 1 aliphatic carbocycles. The summed E-state index contributed by atoms with van der Waals surface area (Å²) < 4.78 is 1.06. The predicted molar refractivity (Wildman–Crippen MR) is 56.4 cm³/mol. The Morgan fingerprint density at radius 3 is 2.92 bits per heavy atom. The zero-order valence-corrected chi connectivity index (χ0v) is 9.29. The number of hydrogen-bond donors (Lipinski definition) is 0. The molecular weight excluding hydrogens is 228 g/mol. The fraction of sp³-hybridized carbons (Fsp3) is 0.500. The zero-order valence-electron chi connectivity index (χ0n) is 7.70. The van der Waals surface area contributed by atoms with E-state index in [1.807, 2.05) is 12.4 Å². The number of nitrogens with zero attached hydrogens (tertiary/aromatic N) is 2. The van der Waals surface area contributed by atoms with Crippen molar-refractivity contribution in [2.75, 3.05) is 7.05 Å². The SMILES string of the molecule is CN(Cc1cncc(Br)c1)C1CC1. The van der Waals surface area contributed by atoms with Gasteiger partial charge in [-0.3, -0.25) is 9.88 Å². The Morgan fingerprint density at radius 2 is 2.31 bits per heavy atom. The quantitative estimate of drug-likeness (QED) is 0.807. The van der Waals surface area contributed by atoms with Gasteiger partial charge in [0.05, 0.1) is 0 Å². The van der Waals surface area contributed by atoms with Crippen molar-refractivity contribution in [1.29, 1.82) is 0 Å². The lowest BCUT2D eigenvalue weighted by molar-refractivity contribution is 0.316. The molecule has 0 aromatic carbocycles. The second-order valence-corrected chi connectivity index (χ2v) is 4.57. The van der Waals surface area contributed by atoms with Gasteiger partial charge in [0.2, 0.25) is 0 Å². The predicted octanol–water partition coefficient (Wildman–Crippen LogP) is 2.44. The first-order valence-corrected chi connectivity index (χ1v) is 5.34. The summed E-state index contributed by atoms with van der Waals surface area (Å²) in [6.45, 7) is 1.01. The topological polar surface area (TPSA) is 16.1 Å². The largest absolute Gasteiger partial charge is 0.299 e. The maximum Gasteiger partial charge on any atom is 0.0410 e. The zero-order chi connectivity index (χ0) is 9.26. The van der Waals surface area contributed by atoms with E-state index < -0.39 is 0 Å². The second kappa shape index (κ2) is 3.76. The molecule has 0 saturated heterocycles. The van der Waals surface area contributed by atoms with E-state index in [2.05, 4.69) is 38.9 Å². The summed E-state index contributed by atoms with van der Waals surface area (Å²) in [5, 5.41) is 0. The van der Waals surface area contributed by atoms with Crippen LogP contribution in [0.25, 0.3) is 0 Å². The molecule has 0 radical (unpaired) electrons. The number of aromatic nitrogens is 1. The van der Waals surface area contributed by atoms with E-state index in [9.17, 15) is 0 Å². The van der Waals surface area contributed by atoms with Crippen LogP contribution in [0.4, 0.5) is 0 Å². The molecule has 0 atom stereocenters. The van der Waals surface area contributed by atoms with Gasteiger partial charge in [-0.2, -0.15) is 0 Å². The molecule has 0 amide bonds. The van der Waals surface area contributed by atoms with Gasteiger partial charge in [0.15, 0.2) is 0 Å². The van der Waals surface area contributed by atoms with Crippen LogP contribution in [0.5, 0.6) is 0 Å². The summed E-state index contributed by atoms with van der Waals surface area (Å²) in [6.07, 6.45) is 6.47. The molecule has 0 bridgehead atoms. The summed E-state index contributed by atoms with van der Waals surface area (Å²) in [6, 6.07) is 2.95. The molecule has 1 saturated carbocycles. The Hall–Kier alpha value is -0.410. The normalized spacial score (nSPS) is 16.5. The summed E-state index contributed by atoms with van der Waals surface area (Å²) in [4.78, 5) is 6.54. The summed E-state index contributed by atoms with van der Waals surface area (Å²) >= 11 is 3.42. The van der Waals surface area contributed by atoms with Crippen LogP contribution in [0.15, 0.2) is 22.9 Å². The molecule has 1 aromatic heterocycles. The highest BCUT2D eigenvalue weighted by Crippen LogP contribution is 2.26. The van der Waals surface area contributed by atoms with Crippen LogP contribution in [0.1, 0.15) is 18.4 Å². The van der Waals surface area contributed by atoms with Gasteiger partial charge in [0.1, 0.15) is 0 Å². The lowest BCUT2D eigenvalue weighted by atomic mass is 10.3. The highest BCUT2D eigenvalue weighted by molar-refractivity contribution is 9.10. The van der Waals surface area contributed by atoms with E-state index in [1.165, 1.54) is 18.4 Å². The fourth-order valence-corrected chi connectivity index (χ4v) is 1.89. The first-order valence-electron chi connectivity index (χ1n) is 4.55. The third kappa shape index (κ3) is 2.51. The van der Waals surface area contributed by atoms with Gasteiger partial charge < -0.3 is 0 Å². The summed E-state index contributed by atoms with van der Waals surface area (Å²) in [5.41, 5.74) is 1.28. The van der Waals surface area contributed by atoms with Gasteiger partial charge in [-0.15, -0.1) is 0 Å². The van der Waals surface area contributed by atoms with Crippen LogP contribution in [0, 0.1) is 0 Å². The Balaban J connectivity index is 2.00. The lowest BCUT2D eigenvalue weighted by Gasteiger charge is -2.15. The molecule has 1 fully saturated rings. The molecule has 2 rings (SSSR count). The van der Waals surface area contributed by atoms with Crippen molar-refractivity contribution >= 4 is 15.9 Å². The third-order valence-electron chi connectivity index (χ3n) is 2.36. The van der Waals surface area contributed by atoms with Crippen molar-refractivity contribution < 1.29 is 0 Å². The molecule has 0 unspecified atom stereocenters. The van der Waals surface area contributed by atoms with E-state index in [1.54, 1.807) is 0 Å². The molecule has 13 heavy (non-hydrogen) atoms. The minimum absolute atomic E-state index is 0.819. The van der Waals surface area contributed by atoms with Crippen molar-refractivity contribution in [2.24, 2.45) is 0 Å². The van der Waals surface area contributed by atoms with Crippen molar-refractivity contribution in [3.05, 3.63) is 28.5 Å². The van der Waals surface area contributed by atoms with Crippen LogP contribution in [0.2, 0.25) is 0 Å². The number of hydrogen-bond acceptors (Lipinski definition) is 2. The monoisotopic (exact) mass is 240 g/mol. The van der Waals surface area contributed by atoms with Gasteiger partial charge in [0.25, 0.3) is 0 Å². The molecule has 0 N–H and O–H groups in total. The third-order valence-corrected chi connectivity index (χ3v) is 2.80. The molecule has 1 heterocycles. The number of pyridine rings is 1. The highest BCUT2D eigenvalue weighted by Gasteiger charge is 2.25. The van der Waals surface area contributed by atoms with E-state index >= 15 is 0 Å². The molecule has 3 heteroatoms. The summed E-state index contributed by atoms with van der Waals surface area (Å²) in [7, 11) is 2.18. The van der Waals surface area contributed by atoms with Gasteiger partial charge in [-0.1, -0.05) is 0 Å². The van der Waals surface area contributed by atoms with Crippen LogP contribution >= 0.6 is 15.9 Å². The van der Waals surface area contributed by atoms with E-state index in [-0.39, 0.29) is 0 Å².